The van der Waals surface area contributed by atoms with E-state index in [0.717, 1.165) is 30.1 Å². The summed E-state index contributed by atoms with van der Waals surface area (Å²) >= 11 is 0. The fourth-order valence-corrected chi connectivity index (χ4v) is 3.99. The average molecular weight is 274 g/mol. The fraction of sp³-hybridized carbons (Fsp3) is 0.600. The van der Waals surface area contributed by atoms with E-state index >= 15 is 0 Å². The van der Waals surface area contributed by atoms with E-state index in [1.165, 1.54) is 25.7 Å². The van der Waals surface area contributed by atoms with Gasteiger partial charge in [-0.3, -0.25) is 0 Å². The first-order valence-electron chi connectivity index (χ1n) is 7.33. The van der Waals surface area contributed by atoms with E-state index in [0.29, 0.717) is 5.56 Å². The zero-order valence-electron chi connectivity index (χ0n) is 11.9. The molecule has 0 spiro atoms. The summed E-state index contributed by atoms with van der Waals surface area (Å²) in [5.74, 6) is 3.52. The third kappa shape index (κ3) is 2.32. The highest BCUT2D eigenvalue weighted by atomic mass is 16.4. The van der Waals surface area contributed by atoms with Crippen molar-refractivity contribution >= 4 is 11.7 Å². The number of aromatic nitrogens is 1. The second-order valence-electron chi connectivity index (χ2n) is 6.18. The molecule has 2 aliphatic rings. The molecule has 3 unspecified atom stereocenters. The van der Waals surface area contributed by atoms with Gasteiger partial charge in [0.2, 0.25) is 0 Å². The minimum Gasteiger partial charge on any atom is -0.409 e. The molecule has 3 N–H and O–H groups in total. The Morgan fingerprint density at radius 3 is 3.00 bits per heavy atom. The Hall–Kier alpha value is -1.78. The van der Waals surface area contributed by atoms with Gasteiger partial charge in [0.25, 0.3) is 0 Å². The summed E-state index contributed by atoms with van der Waals surface area (Å²) in [6.07, 6.45) is 7.32. The maximum Gasteiger partial charge on any atom is 0.173 e. The van der Waals surface area contributed by atoms with Gasteiger partial charge in [-0.1, -0.05) is 11.6 Å². The first kappa shape index (κ1) is 13.2. The van der Waals surface area contributed by atoms with Crippen molar-refractivity contribution in [2.24, 2.45) is 28.6 Å². The molecule has 20 heavy (non-hydrogen) atoms. The topological polar surface area (TPSA) is 74.7 Å². The first-order chi connectivity index (χ1) is 9.69. The van der Waals surface area contributed by atoms with Crippen molar-refractivity contribution in [2.75, 3.05) is 18.5 Å². The predicted octanol–water partition coefficient (Wildman–Crippen LogP) is 2.05. The van der Waals surface area contributed by atoms with Crippen LogP contribution in [0.3, 0.4) is 0 Å². The van der Waals surface area contributed by atoms with E-state index in [2.05, 4.69) is 15.0 Å². The van der Waals surface area contributed by atoms with Gasteiger partial charge < -0.3 is 15.8 Å². The van der Waals surface area contributed by atoms with Crippen LogP contribution in [0.1, 0.15) is 31.2 Å². The molecule has 2 bridgehead atoms. The molecule has 0 amide bonds. The minimum atomic E-state index is 0.118. The van der Waals surface area contributed by atoms with Crippen molar-refractivity contribution in [3.8, 4) is 0 Å². The van der Waals surface area contributed by atoms with Gasteiger partial charge in [-0.25, -0.2) is 4.98 Å². The highest BCUT2D eigenvalue weighted by Crippen LogP contribution is 2.48. The van der Waals surface area contributed by atoms with Crippen molar-refractivity contribution in [1.82, 2.24) is 4.98 Å². The Labute approximate surface area is 119 Å². The number of pyridine rings is 1. The van der Waals surface area contributed by atoms with Gasteiger partial charge in [0.05, 0.1) is 5.56 Å². The van der Waals surface area contributed by atoms with Crippen LogP contribution in [0.5, 0.6) is 0 Å². The number of anilines is 1. The highest BCUT2D eigenvalue weighted by molar-refractivity contribution is 6.01. The summed E-state index contributed by atoms with van der Waals surface area (Å²) in [5, 5.41) is 12.0. The molecule has 2 fully saturated rings. The van der Waals surface area contributed by atoms with Crippen molar-refractivity contribution in [3.63, 3.8) is 0 Å². The summed E-state index contributed by atoms with van der Waals surface area (Å²) in [4.78, 5) is 6.56. The van der Waals surface area contributed by atoms with Crippen LogP contribution in [0.15, 0.2) is 23.5 Å². The van der Waals surface area contributed by atoms with E-state index in [-0.39, 0.29) is 5.84 Å². The number of nitrogens with zero attached hydrogens (tertiary/aromatic N) is 3. The van der Waals surface area contributed by atoms with Crippen molar-refractivity contribution in [2.45, 2.75) is 25.7 Å². The van der Waals surface area contributed by atoms with Crippen molar-refractivity contribution in [3.05, 3.63) is 23.9 Å². The summed E-state index contributed by atoms with van der Waals surface area (Å²) < 4.78 is 0. The predicted molar refractivity (Wildman–Crippen MR) is 79.0 cm³/mol. The number of hydrogen-bond acceptors (Lipinski definition) is 4. The first-order valence-corrected chi connectivity index (χ1v) is 7.33. The molecule has 5 nitrogen and oxygen atoms in total. The van der Waals surface area contributed by atoms with E-state index in [1.807, 2.05) is 19.2 Å². The van der Waals surface area contributed by atoms with E-state index in [9.17, 15) is 0 Å². The average Bonchev–Trinajstić information content (AvgIpc) is 3.09. The summed E-state index contributed by atoms with van der Waals surface area (Å²) in [7, 11) is 2.04. The lowest BCUT2D eigenvalue weighted by atomic mass is 9.88. The maximum absolute atomic E-state index is 8.88. The van der Waals surface area contributed by atoms with Crippen molar-refractivity contribution < 1.29 is 5.21 Å². The number of oxime groups is 1. The second-order valence-corrected chi connectivity index (χ2v) is 6.18. The quantitative estimate of drug-likeness (QED) is 0.381. The van der Waals surface area contributed by atoms with Crippen LogP contribution in [0, 0.1) is 17.8 Å². The fourth-order valence-electron chi connectivity index (χ4n) is 3.99. The summed E-state index contributed by atoms with van der Waals surface area (Å²) in [5.41, 5.74) is 6.43. The molecule has 1 aromatic rings. The Bertz CT molecular complexity index is 516. The Kier molecular flexibility index (Phi) is 3.51. The number of amidine groups is 1. The van der Waals surface area contributed by atoms with Crippen LogP contribution in [0.25, 0.3) is 0 Å². The molecule has 3 rings (SSSR count). The van der Waals surface area contributed by atoms with Crippen LogP contribution < -0.4 is 10.6 Å². The van der Waals surface area contributed by atoms with Gasteiger partial charge in [-0.2, -0.15) is 0 Å². The molecule has 0 aliphatic heterocycles. The number of fused-ring (bicyclic) bond motifs is 2. The third-order valence-corrected chi connectivity index (χ3v) is 4.92. The van der Waals surface area contributed by atoms with Crippen LogP contribution in [-0.2, 0) is 0 Å². The molecular formula is C15H22N4O. The largest absolute Gasteiger partial charge is 0.409 e. The van der Waals surface area contributed by atoms with E-state index in [4.69, 9.17) is 10.9 Å². The maximum atomic E-state index is 8.88. The molecular weight excluding hydrogens is 252 g/mol. The van der Waals surface area contributed by atoms with Crippen LogP contribution in [0.2, 0.25) is 0 Å². The van der Waals surface area contributed by atoms with Gasteiger partial charge in [0.1, 0.15) is 5.82 Å². The van der Waals surface area contributed by atoms with Crippen molar-refractivity contribution in [1.29, 1.82) is 0 Å². The molecule has 1 aromatic heterocycles. The molecule has 108 valence electrons. The van der Waals surface area contributed by atoms with E-state index in [1.54, 1.807) is 6.20 Å². The minimum absolute atomic E-state index is 0.118. The standard InChI is InChI=1S/C15H22N4O/c1-19(9-12-8-10-4-5-11(12)7-10)15-13(14(16)18-20)3-2-6-17-15/h2-3,6,10-12,20H,4-5,7-9H2,1H3,(H2,16,18). The van der Waals surface area contributed by atoms with Gasteiger partial charge in [-0.05, 0) is 49.1 Å². The molecule has 0 saturated heterocycles. The number of hydrogen-bond donors (Lipinski definition) is 2. The lowest BCUT2D eigenvalue weighted by Gasteiger charge is -2.28. The molecule has 2 saturated carbocycles. The Morgan fingerprint density at radius 2 is 2.35 bits per heavy atom. The monoisotopic (exact) mass is 274 g/mol. The summed E-state index contributed by atoms with van der Waals surface area (Å²) in [6.45, 7) is 1.00. The van der Waals surface area contributed by atoms with E-state index < -0.39 is 0 Å². The highest BCUT2D eigenvalue weighted by Gasteiger charge is 2.39. The number of rotatable bonds is 4. The molecule has 0 radical (unpaired) electrons. The van der Waals surface area contributed by atoms with Gasteiger partial charge in [-0.15, -0.1) is 0 Å². The zero-order valence-corrected chi connectivity index (χ0v) is 11.9. The molecule has 2 aliphatic carbocycles. The lowest BCUT2D eigenvalue weighted by Crippen LogP contribution is -2.31. The lowest BCUT2D eigenvalue weighted by molar-refractivity contribution is 0.318. The van der Waals surface area contributed by atoms with Crippen LogP contribution in [0.4, 0.5) is 5.82 Å². The SMILES string of the molecule is CN(CC1CC2CCC1C2)c1ncccc1C(N)=NO. The van der Waals surface area contributed by atoms with Gasteiger partial charge in [0.15, 0.2) is 5.84 Å². The Morgan fingerprint density at radius 1 is 1.50 bits per heavy atom. The Balaban J connectivity index is 1.75. The molecule has 5 heteroatoms. The smallest absolute Gasteiger partial charge is 0.173 e. The number of nitrogens with two attached hydrogens (primary N) is 1. The zero-order chi connectivity index (χ0) is 14.1. The summed E-state index contributed by atoms with van der Waals surface area (Å²) in [6, 6.07) is 3.65. The molecule has 1 heterocycles. The molecule has 0 aromatic carbocycles. The van der Waals surface area contributed by atoms with Gasteiger partial charge in [0, 0.05) is 19.8 Å². The second kappa shape index (κ2) is 5.31. The van der Waals surface area contributed by atoms with Gasteiger partial charge >= 0.3 is 0 Å². The van der Waals surface area contributed by atoms with Crippen LogP contribution >= 0.6 is 0 Å². The van der Waals surface area contributed by atoms with Crippen LogP contribution in [-0.4, -0.2) is 29.6 Å². The normalized spacial score (nSPS) is 28.9. The third-order valence-electron chi connectivity index (χ3n) is 4.92. The molecule has 3 atom stereocenters.